The Kier molecular flexibility index (Phi) is 7.54. The summed E-state index contributed by atoms with van der Waals surface area (Å²) in [4.78, 5) is 7.33. The third-order valence-electron chi connectivity index (χ3n) is 12.4. The standard InChI is InChI=1S/C57H35N3O2/c1-4-14-36(15-5-1)57-58-50-30-24-38-33-47(37-25-31-52-48(32-37)44-20-10-12-22-51(44)60(52)40-18-8-3-9-19-40)43-28-26-41(34-49(43)55(38)56(50)62-57)59(39-16-6-2-7-17-39)42-27-29-46-45-21-11-13-23-53(45)61-54(46)35-42/h1-35H. The van der Waals surface area contributed by atoms with E-state index in [0.29, 0.717) is 5.89 Å². The molecule has 5 heteroatoms. The van der Waals surface area contributed by atoms with Crippen LogP contribution >= 0.6 is 0 Å². The van der Waals surface area contributed by atoms with Gasteiger partial charge in [0.05, 0.1) is 11.0 Å². The topological polar surface area (TPSA) is 47.3 Å². The zero-order valence-electron chi connectivity index (χ0n) is 33.4. The molecule has 0 atom stereocenters. The summed E-state index contributed by atoms with van der Waals surface area (Å²) in [7, 11) is 0. The molecule has 0 radical (unpaired) electrons. The van der Waals surface area contributed by atoms with Crippen molar-refractivity contribution in [3.8, 4) is 28.3 Å². The fourth-order valence-corrected chi connectivity index (χ4v) is 9.57. The van der Waals surface area contributed by atoms with Gasteiger partial charge in [0.2, 0.25) is 5.89 Å². The highest BCUT2D eigenvalue weighted by molar-refractivity contribution is 6.23. The van der Waals surface area contributed by atoms with Gasteiger partial charge in [-0.3, -0.25) is 0 Å². The van der Waals surface area contributed by atoms with Gasteiger partial charge < -0.3 is 18.3 Å². The number of oxazole rings is 1. The highest BCUT2D eigenvalue weighted by Gasteiger charge is 2.21. The molecule has 62 heavy (non-hydrogen) atoms. The number of hydrogen-bond acceptors (Lipinski definition) is 4. The van der Waals surface area contributed by atoms with Gasteiger partial charge in [0.1, 0.15) is 16.7 Å². The minimum atomic E-state index is 0.604. The van der Waals surface area contributed by atoms with Crippen molar-refractivity contribution in [1.29, 1.82) is 0 Å². The van der Waals surface area contributed by atoms with E-state index < -0.39 is 0 Å². The van der Waals surface area contributed by atoms with E-state index in [1.807, 2.05) is 42.5 Å². The Morgan fingerprint density at radius 3 is 1.92 bits per heavy atom. The van der Waals surface area contributed by atoms with Crippen LogP contribution < -0.4 is 4.90 Å². The van der Waals surface area contributed by atoms with Gasteiger partial charge in [0.15, 0.2) is 5.58 Å². The number of para-hydroxylation sites is 4. The van der Waals surface area contributed by atoms with Crippen LogP contribution in [-0.2, 0) is 0 Å². The summed E-state index contributed by atoms with van der Waals surface area (Å²) < 4.78 is 15.6. The van der Waals surface area contributed by atoms with Crippen LogP contribution in [0, 0.1) is 0 Å². The Morgan fingerprint density at radius 1 is 0.403 bits per heavy atom. The largest absolute Gasteiger partial charge is 0.456 e. The molecule has 0 fully saturated rings. The van der Waals surface area contributed by atoms with Crippen LogP contribution in [0.15, 0.2) is 221 Å². The summed E-state index contributed by atoms with van der Waals surface area (Å²) in [6, 6.07) is 75.1. The van der Waals surface area contributed by atoms with E-state index in [0.717, 1.165) is 94.0 Å². The zero-order valence-corrected chi connectivity index (χ0v) is 33.4. The average molecular weight is 794 g/mol. The molecule has 290 valence electrons. The summed E-state index contributed by atoms with van der Waals surface area (Å²) >= 11 is 0. The lowest BCUT2D eigenvalue weighted by Crippen LogP contribution is -2.09. The second kappa shape index (κ2) is 13.6. The van der Waals surface area contributed by atoms with Crippen LogP contribution in [-0.4, -0.2) is 9.55 Å². The van der Waals surface area contributed by atoms with Crippen molar-refractivity contribution < 1.29 is 8.83 Å². The Hall–Kier alpha value is -8.41. The number of benzene rings is 10. The summed E-state index contributed by atoms with van der Waals surface area (Å²) in [5, 5.41) is 8.94. The molecule has 0 saturated carbocycles. The van der Waals surface area contributed by atoms with Crippen LogP contribution in [0.3, 0.4) is 0 Å². The molecular weight excluding hydrogens is 759 g/mol. The predicted molar refractivity (Wildman–Crippen MR) is 256 cm³/mol. The number of hydrogen-bond donors (Lipinski definition) is 0. The normalized spacial score (nSPS) is 11.9. The molecule has 0 amide bonds. The summed E-state index contributed by atoms with van der Waals surface area (Å²) in [6.45, 7) is 0. The van der Waals surface area contributed by atoms with Crippen molar-refractivity contribution in [2.24, 2.45) is 0 Å². The molecule has 10 aromatic carbocycles. The van der Waals surface area contributed by atoms with Crippen molar-refractivity contribution in [2.75, 3.05) is 4.90 Å². The first-order valence-electron chi connectivity index (χ1n) is 20.9. The van der Waals surface area contributed by atoms with Crippen LogP contribution in [0.4, 0.5) is 17.1 Å². The first-order chi connectivity index (χ1) is 30.7. The number of nitrogens with zero attached hydrogens (tertiary/aromatic N) is 3. The minimum absolute atomic E-state index is 0.604. The quantitative estimate of drug-likeness (QED) is 0.157. The number of anilines is 3. The predicted octanol–water partition coefficient (Wildman–Crippen LogP) is 15.9. The van der Waals surface area contributed by atoms with Gasteiger partial charge in [-0.1, -0.05) is 109 Å². The van der Waals surface area contributed by atoms with Gasteiger partial charge in [0, 0.05) is 61.3 Å². The fourth-order valence-electron chi connectivity index (χ4n) is 9.57. The number of fused-ring (bicyclic) bond motifs is 11. The van der Waals surface area contributed by atoms with Crippen molar-refractivity contribution in [3.05, 3.63) is 212 Å². The molecule has 0 aliphatic rings. The van der Waals surface area contributed by atoms with Gasteiger partial charge >= 0.3 is 0 Å². The van der Waals surface area contributed by atoms with E-state index in [2.05, 4.69) is 179 Å². The maximum atomic E-state index is 6.78. The second-order valence-electron chi connectivity index (χ2n) is 15.9. The third kappa shape index (κ3) is 5.32. The van der Waals surface area contributed by atoms with Crippen LogP contribution in [0.2, 0.25) is 0 Å². The Labute approximate surface area is 355 Å². The molecule has 13 aromatic rings. The molecular formula is C57H35N3O2. The summed E-state index contributed by atoms with van der Waals surface area (Å²) in [5.74, 6) is 0.604. The van der Waals surface area contributed by atoms with E-state index in [4.69, 9.17) is 13.8 Å². The molecule has 0 N–H and O–H groups in total. The van der Waals surface area contributed by atoms with Gasteiger partial charge in [0.25, 0.3) is 0 Å². The monoisotopic (exact) mass is 793 g/mol. The first-order valence-corrected chi connectivity index (χ1v) is 20.9. The average Bonchev–Trinajstić information content (AvgIpc) is 4.04. The number of rotatable bonds is 6. The van der Waals surface area contributed by atoms with Gasteiger partial charge in [-0.05, 0) is 124 Å². The molecule has 5 nitrogen and oxygen atoms in total. The molecule has 3 heterocycles. The first kappa shape index (κ1) is 34.5. The van der Waals surface area contributed by atoms with E-state index >= 15 is 0 Å². The molecule has 0 bridgehead atoms. The number of furan rings is 1. The zero-order chi connectivity index (χ0) is 40.7. The maximum Gasteiger partial charge on any atom is 0.227 e. The second-order valence-corrected chi connectivity index (χ2v) is 15.9. The lowest BCUT2D eigenvalue weighted by molar-refractivity contribution is 0.623. The van der Waals surface area contributed by atoms with Crippen LogP contribution in [0.1, 0.15) is 0 Å². The smallest absolute Gasteiger partial charge is 0.227 e. The molecule has 0 saturated heterocycles. The summed E-state index contributed by atoms with van der Waals surface area (Å²) in [6.07, 6.45) is 0. The van der Waals surface area contributed by atoms with E-state index in [-0.39, 0.29) is 0 Å². The van der Waals surface area contributed by atoms with Crippen molar-refractivity contribution in [2.45, 2.75) is 0 Å². The summed E-state index contributed by atoms with van der Waals surface area (Å²) in [5.41, 5.74) is 13.1. The maximum absolute atomic E-state index is 6.78. The molecule has 0 spiro atoms. The van der Waals surface area contributed by atoms with Crippen molar-refractivity contribution in [3.63, 3.8) is 0 Å². The van der Waals surface area contributed by atoms with Crippen molar-refractivity contribution >= 4 is 93.5 Å². The van der Waals surface area contributed by atoms with Gasteiger partial charge in [-0.2, -0.15) is 0 Å². The van der Waals surface area contributed by atoms with E-state index in [1.165, 1.54) is 21.8 Å². The molecule has 0 aliphatic carbocycles. The van der Waals surface area contributed by atoms with Gasteiger partial charge in [-0.15, -0.1) is 0 Å². The Balaban J connectivity index is 1.07. The Morgan fingerprint density at radius 2 is 1.08 bits per heavy atom. The van der Waals surface area contributed by atoms with Crippen LogP contribution in [0.5, 0.6) is 0 Å². The third-order valence-corrected chi connectivity index (χ3v) is 12.4. The minimum Gasteiger partial charge on any atom is -0.456 e. The lowest BCUT2D eigenvalue weighted by Gasteiger charge is -2.26. The molecule has 3 aromatic heterocycles. The molecule has 0 aliphatic heterocycles. The van der Waals surface area contributed by atoms with Crippen LogP contribution in [0.25, 0.3) is 105 Å². The van der Waals surface area contributed by atoms with Gasteiger partial charge in [-0.25, -0.2) is 4.98 Å². The van der Waals surface area contributed by atoms with Crippen molar-refractivity contribution in [1.82, 2.24) is 9.55 Å². The SMILES string of the molecule is c1ccc(-c2nc3ccc4cc(-c5ccc6c(c5)c5ccccc5n6-c5ccccc5)c5ccc(N(c6ccccc6)c6ccc7c(c6)oc6ccccc67)cc5c4c3o2)cc1. The fraction of sp³-hybridized carbons (Fsp3) is 0. The highest BCUT2D eigenvalue weighted by atomic mass is 16.3. The highest BCUT2D eigenvalue weighted by Crippen LogP contribution is 2.45. The van der Waals surface area contributed by atoms with E-state index in [9.17, 15) is 0 Å². The lowest BCUT2D eigenvalue weighted by atomic mass is 9.91. The molecule has 13 rings (SSSR count). The number of aromatic nitrogens is 2. The molecule has 0 unspecified atom stereocenters. The Bertz CT molecular complexity index is 3860. The van der Waals surface area contributed by atoms with E-state index in [1.54, 1.807) is 0 Å².